The molecule has 1 saturated heterocycles. The van der Waals surface area contributed by atoms with E-state index in [9.17, 15) is 14.8 Å². The first-order chi connectivity index (χ1) is 24.3. The summed E-state index contributed by atoms with van der Waals surface area (Å²) >= 11 is 0. The van der Waals surface area contributed by atoms with Gasteiger partial charge < -0.3 is 24.1 Å². The van der Waals surface area contributed by atoms with Crippen molar-refractivity contribution in [1.82, 2.24) is 19.5 Å². The summed E-state index contributed by atoms with van der Waals surface area (Å²) in [7, 11) is -4.70. The molecule has 3 atom stereocenters. The summed E-state index contributed by atoms with van der Waals surface area (Å²) in [4.78, 5) is 40.4. The topological polar surface area (TPSA) is 162 Å². The molecule has 3 heterocycles. The molecular weight excluding hydrogens is 695 g/mol. The smallest absolute Gasteiger partial charge is 0.258 e. The number of carbonyl (C=O) groups excluding carboxylic acids is 2. The van der Waals surface area contributed by atoms with Crippen molar-refractivity contribution < 1.29 is 28.4 Å². The van der Waals surface area contributed by atoms with Crippen LogP contribution < -0.4 is 10.6 Å². The van der Waals surface area contributed by atoms with Gasteiger partial charge in [0.05, 0.1) is 25.3 Å². The Morgan fingerprint density at radius 2 is 1.48 bits per heavy atom. The first-order valence-corrected chi connectivity index (χ1v) is 23.2. The van der Waals surface area contributed by atoms with Gasteiger partial charge in [0.25, 0.3) is 11.8 Å². The zero-order chi connectivity index (χ0) is 38.1. The van der Waals surface area contributed by atoms with Gasteiger partial charge in [-0.05, 0) is 60.5 Å². The lowest BCUT2D eigenvalue weighted by Crippen LogP contribution is -2.55. The number of nitrogens with one attached hydrogen (secondary N) is 2. The number of benzene rings is 2. The van der Waals surface area contributed by atoms with Crippen LogP contribution in [0.2, 0.25) is 36.3 Å². The van der Waals surface area contributed by atoms with E-state index >= 15 is 0 Å². The molecule has 2 aromatic carbocycles. The largest absolute Gasteiger partial charge is 0.413 e. The van der Waals surface area contributed by atoms with Crippen molar-refractivity contribution in [1.29, 1.82) is 0 Å². The number of hydrogen-bond donors (Lipinski definition) is 3. The molecule has 278 valence electrons. The lowest BCUT2D eigenvalue weighted by Gasteiger charge is -2.43. The van der Waals surface area contributed by atoms with Crippen LogP contribution in [-0.4, -0.2) is 77.7 Å². The fourth-order valence-corrected chi connectivity index (χ4v) is 7.68. The van der Waals surface area contributed by atoms with Gasteiger partial charge in [-0.1, -0.05) is 83.1 Å². The molecule has 0 unspecified atom stereocenters. The number of amides is 2. The number of aromatic nitrogens is 4. The standard InChI is InChI=1S/C37H51N7O6Si2/c1-35(2,3)51(7,8)48-23-37(22-39-47)27(50-52(9,10)36(4,5)6)21-28(49-37)44-24-38-29-30(40-32(45)25-17-13-11-14-18-25)41-34(42-31(29)44)43-33(46)26-19-15-12-16-20-26/h11-20,22,24,27-28,47H,21,23H2,1-10H3,(H2,40,41,42,43,45,46)/b39-22+/t27-,28+,37+/m0/s1. The van der Waals surface area contributed by atoms with E-state index in [0.717, 1.165) is 0 Å². The number of imidazole rings is 1. The van der Waals surface area contributed by atoms with E-state index in [4.69, 9.17) is 18.6 Å². The van der Waals surface area contributed by atoms with Gasteiger partial charge >= 0.3 is 0 Å². The Morgan fingerprint density at radius 1 is 0.923 bits per heavy atom. The van der Waals surface area contributed by atoms with Gasteiger partial charge in [-0.15, -0.1) is 0 Å². The number of carbonyl (C=O) groups is 2. The van der Waals surface area contributed by atoms with Gasteiger partial charge in [0, 0.05) is 17.5 Å². The zero-order valence-corrected chi connectivity index (χ0v) is 33.7. The van der Waals surface area contributed by atoms with E-state index < -0.39 is 46.4 Å². The number of fused-ring (bicyclic) bond motifs is 1. The van der Waals surface area contributed by atoms with Crippen LogP contribution in [0.5, 0.6) is 0 Å². The maximum absolute atomic E-state index is 13.3. The Bertz CT molecular complexity index is 1920. The summed E-state index contributed by atoms with van der Waals surface area (Å²) < 4.78 is 22.4. The van der Waals surface area contributed by atoms with Crippen LogP contribution in [0.3, 0.4) is 0 Å². The first-order valence-electron chi connectivity index (χ1n) is 17.4. The number of anilines is 2. The molecule has 13 nitrogen and oxygen atoms in total. The Labute approximate surface area is 307 Å². The number of nitrogens with zero attached hydrogens (tertiary/aromatic N) is 5. The second-order valence-electron chi connectivity index (χ2n) is 16.3. The first kappa shape index (κ1) is 38.9. The summed E-state index contributed by atoms with van der Waals surface area (Å²) in [5.41, 5.74) is 0.165. The van der Waals surface area contributed by atoms with Crippen molar-refractivity contribution in [2.75, 3.05) is 17.2 Å². The minimum atomic E-state index is -2.40. The number of rotatable bonds is 11. The number of hydrogen-bond acceptors (Lipinski definition) is 10. The molecule has 4 aromatic rings. The Balaban J connectivity index is 1.59. The van der Waals surface area contributed by atoms with E-state index in [1.54, 1.807) is 59.4 Å². The van der Waals surface area contributed by atoms with Crippen LogP contribution >= 0.6 is 0 Å². The number of ether oxygens (including phenoxy) is 1. The molecule has 2 amide bonds. The third-order valence-corrected chi connectivity index (χ3v) is 19.5. The van der Waals surface area contributed by atoms with Gasteiger partial charge in [-0.2, -0.15) is 9.97 Å². The second kappa shape index (κ2) is 14.6. The zero-order valence-electron chi connectivity index (χ0n) is 31.7. The SMILES string of the molecule is CC(C)(C)[Si](C)(C)OC[C@@]1(/C=N/O)O[C@@H](n2cnc3c(NC(=O)c4ccccc4)nc(NC(=O)c4ccccc4)nc32)C[C@@H]1O[Si](C)(C)C(C)(C)C. The monoisotopic (exact) mass is 745 g/mol. The molecule has 1 aliphatic rings. The lowest BCUT2D eigenvalue weighted by atomic mass is 9.99. The van der Waals surface area contributed by atoms with E-state index in [0.29, 0.717) is 28.7 Å². The summed E-state index contributed by atoms with van der Waals surface area (Å²) in [5, 5.41) is 19.0. The lowest BCUT2D eigenvalue weighted by molar-refractivity contribution is -0.0751. The fourth-order valence-electron chi connectivity index (χ4n) is 5.30. The molecule has 0 radical (unpaired) electrons. The molecule has 0 aliphatic carbocycles. The Hall–Kier alpha value is -4.29. The normalized spacial score (nSPS) is 20.0. The predicted octanol–water partition coefficient (Wildman–Crippen LogP) is 7.86. The van der Waals surface area contributed by atoms with E-state index in [2.05, 4.69) is 93.5 Å². The average molecular weight is 746 g/mol. The minimum Gasteiger partial charge on any atom is -0.413 e. The second-order valence-corrected chi connectivity index (χ2v) is 25.8. The molecule has 5 rings (SSSR count). The van der Waals surface area contributed by atoms with Crippen molar-refractivity contribution in [3.05, 3.63) is 78.1 Å². The highest BCUT2D eigenvalue weighted by atomic mass is 28.4. The van der Waals surface area contributed by atoms with Crippen LogP contribution in [0, 0.1) is 0 Å². The third-order valence-electron chi connectivity index (χ3n) is 10.6. The Morgan fingerprint density at radius 3 is 2.02 bits per heavy atom. The summed E-state index contributed by atoms with van der Waals surface area (Å²) in [6, 6.07) is 17.4. The molecule has 15 heteroatoms. The molecule has 52 heavy (non-hydrogen) atoms. The van der Waals surface area contributed by atoms with E-state index in [1.807, 2.05) is 12.1 Å². The highest BCUT2D eigenvalue weighted by Crippen LogP contribution is 2.46. The van der Waals surface area contributed by atoms with E-state index in [-0.39, 0.29) is 28.4 Å². The predicted molar refractivity (Wildman–Crippen MR) is 207 cm³/mol. The highest BCUT2D eigenvalue weighted by molar-refractivity contribution is 6.74. The summed E-state index contributed by atoms with van der Waals surface area (Å²) in [6.07, 6.45) is 2.00. The maximum atomic E-state index is 13.3. The molecule has 1 fully saturated rings. The van der Waals surface area contributed by atoms with E-state index in [1.165, 1.54) is 6.21 Å². The molecule has 0 bridgehead atoms. The third kappa shape index (κ3) is 8.18. The van der Waals surface area contributed by atoms with Crippen LogP contribution in [-0.2, 0) is 13.6 Å². The van der Waals surface area contributed by atoms with Crippen molar-refractivity contribution in [2.24, 2.45) is 5.16 Å². The maximum Gasteiger partial charge on any atom is 0.258 e. The molecule has 1 aliphatic heterocycles. The van der Waals surface area contributed by atoms with Crippen molar-refractivity contribution >= 4 is 57.6 Å². The summed E-state index contributed by atoms with van der Waals surface area (Å²) in [6.45, 7) is 21.7. The van der Waals surface area contributed by atoms with Crippen LogP contribution in [0.4, 0.5) is 11.8 Å². The molecule has 0 saturated carbocycles. The van der Waals surface area contributed by atoms with Gasteiger partial charge in [-0.25, -0.2) is 4.98 Å². The molecule has 3 N–H and O–H groups in total. The van der Waals surface area contributed by atoms with Crippen molar-refractivity contribution in [3.8, 4) is 0 Å². The van der Waals surface area contributed by atoms with Gasteiger partial charge in [-0.3, -0.25) is 19.5 Å². The quantitative estimate of drug-likeness (QED) is 0.0601. The number of oxime groups is 1. The average Bonchev–Trinajstić information content (AvgIpc) is 3.65. The molecule has 2 aromatic heterocycles. The van der Waals surface area contributed by atoms with Crippen molar-refractivity contribution in [3.63, 3.8) is 0 Å². The van der Waals surface area contributed by atoms with Gasteiger partial charge in [0.15, 0.2) is 39.2 Å². The highest BCUT2D eigenvalue weighted by Gasteiger charge is 2.55. The van der Waals surface area contributed by atoms with Crippen LogP contribution in [0.15, 0.2) is 72.1 Å². The van der Waals surface area contributed by atoms with Crippen molar-refractivity contribution in [2.45, 2.75) is 102 Å². The van der Waals surface area contributed by atoms with Crippen LogP contribution in [0.1, 0.15) is 74.9 Å². The van der Waals surface area contributed by atoms with Crippen LogP contribution in [0.25, 0.3) is 11.2 Å². The molecule has 0 spiro atoms. The fraction of sp³-hybridized carbons (Fsp3) is 0.459. The molecular formula is C37H51N7O6Si2. The summed E-state index contributed by atoms with van der Waals surface area (Å²) in [5.74, 6) is -0.760. The Kier molecular flexibility index (Phi) is 10.9. The van der Waals surface area contributed by atoms with Gasteiger partial charge in [0.2, 0.25) is 5.95 Å². The van der Waals surface area contributed by atoms with Gasteiger partial charge in [0.1, 0.15) is 6.23 Å². The minimum absolute atomic E-state index is 0.0389.